The first-order valence-electron chi connectivity index (χ1n) is 12.1. The number of hydrogen-bond acceptors (Lipinski definition) is 12. The molecule has 0 spiro atoms. The lowest BCUT2D eigenvalue weighted by Gasteiger charge is -2.28. The van der Waals surface area contributed by atoms with Crippen LogP contribution >= 0.6 is 11.3 Å². The molecule has 0 unspecified atom stereocenters. The number of aromatic nitrogens is 4. The molecule has 1 amide bonds. The molecule has 204 valence electrons. The van der Waals surface area contributed by atoms with Crippen LogP contribution in [0.5, 0.6) is 17.2 Å². The lowest BCUT2D eigenvalue weighted by molar-refractivity contribution is 0.00528. The number of amides is 1. The van der Waals surface area contributed by atoms with Crippen molar-refractivity contribution in [1.29, 1.82) is 0 Å². The highest BCUT2D eigenvalue weighted by Crippen LogP contribution is 2.42. The van der Waals surface area contributed by atoms with Gasteiger partial charge in [0.2, 0.25) is 16.0 Å². The summed E-state index contributed by atoms with van der Waals surface area (Å²) >= 11 is 1.03. The standard InChI is InChI=1S/C25H26N6O7S/c1-35-16-8-5-9-17(36-2)20(16)13-12-18(38-23(34)21(13)37-15-7-4-3-6-14(15)32)22(33)28-24-29-30-25(39-24)31-19(26)10-11-27-31/h5,8-12,14-15,32H,3-4,6-7,26H2,1-2H3,(H,28,29,33)/t14-,15-/m1/s1. The van der Waals surface area contributed by atoms with Gasteiger partial charge >= 0.3 is 5.63 Å². The van der Waals surface area contributed by atoms with Crippen molar-refractivity contribution < 1.29 is 28.5 Å². The lowest BCUT2D eigenvalue weighted by atomic mass is 9.94. The predicted octanol–water partition coefficient (Wildman–Crippen LogP) is 2.88. The van der Waals surface area contributed by atoms with Crippen LogP contribution in [0.3, 0.4) is 0 Å². The molecule has 1 aliphatic carbocycles. The van der Waals surface area contributed by atoms with Crippen molar-refractivity contribution in [2.24, 2.45) is 0 Å². The highest BCUT2D eigenvalue weighted by molar-refractivity contribution is 7.17. The Morgan fingerprint density at radius 1 is 1.18 bits per heavy atom. The van der Waals surface area contributed by atoms with E-state index >= 15 is 0 Å². The number of nitrogens with zero attached hydrogens (tertiary/aromatic N) is 4. The summed E-state index contributed by atoms with van der Waals surface area (Å²) in [5.41, 5.74) is 5.56. The van der Waals surface area contributed by atoms with Gasteiger partial charge in [-0.2, -0.15) is 9.78 Å². The molecule has 1 aromatic carbocycles. The van der Waals surface area contributed by atoms with Crippen molar-refractivity contribution in [2.45, 2.75) is 37.9 Å². The second-order valence-electron chi connectivity index (χ2n) is 8.70. The Hall–Kier alpha value is -4.43. The van der Waals surface area contributed by atoms with Crippen molar-refractivity contribution in [3.8, 4) is 33.5 Å². The van der Waals surface area contributed by atoms with Crippen LogP contribution in [0.15, 0.2) is 45.7 Å². The van der Waals surface area contributed by atoms with Gasteiger partial charge < -0.3 is 29.5 Å². The Kier molecular flexibility index (Phi) is 7.47. The SMILES string of the molecule is COc1cccc(OC)c1-c1cc(C(=O)Nc2nnc(-n3nccc3N)s2)oc(=O)c1O[C@@H]1CCCC[C@H]1O. The van der Waals surface area contributed by atoms with Gasteiger partial charge in [-0.3, -0.25) is 10.1 Å². The summed E-state index contributed by atoms with van der Waals surface area (Å²) in [4.78, 5) is 26.5. The van der Waals surface area contributed by atoms with Gasteiger partial charge in [0.25, 0.3) is 5.91 Å². The normalized spacial score (nSPS) is 17.0. The molecule has 4 N–H and O–H groups in total. The number of anilines is 2. The Morgan fingerprint density at radius 3 is 2.59 bits per heavy atom. The minimum absolute atomic E-state index is 0.134. The monoisotopic (exact) mass is 554 g/mol. The minimum Gasteiger partial charge on any atom is -0.496 e. The lowest BCUT2D eigenvalue weighted by Crippen LogP contribution is -2.36. The van der Waals surface area contributed by atoms with Crippen molar-refractivity contribution in [3.63, 3.8) is 0 Å². The fraction of sp³-hybridized carbons (Fsp3) is 0.320. The second-order valence-corrected chi connectivity index (χ2v) is 9.65. The number of nitrogens with two attached hydrogens (primary N) is 1. The van der Waals surface area contributed by atoms with E-state index in [0.29, 0.717) is 40.9 Å². The topological polar surface area (TPSA) is 177 Å². The average Bonchev–Trinajstić information content (AvgIpc) is 3.58. The van der Waals surface area contributed by atoms with E-state index in [-0.39, 0.29) is 22.2 Å². The van der Waals surface area contributed by atoms with Crippen molar-refractivity contribution in [3.05, 3.63) is 52.7 Å². The smallest absolute Gasteiger partial charge is 0.379 e. The van der Waals surface area contributed by atoms with Gasteiger partial charge in [-0.1, -0.05) is 23.8 Å². The van der Waals surface area contributed by atoms with E-state index in [2.05, 4.69) is 20.6 Å². The molecule has 3 aromatic heterocycles. The van der Waals surface area contributed by atoms with Gasteiger partial charge in [0.05, 0.1) is 32.1 Å². The Balaban J connectivity index is 1.54. The van der Waals surface area contributed by atoms with Crippen LogP contribution in [0.25, 0.3) is 16.3 Å². The summed E-state index contributed by atoms with van der Waals surface area (Å²) in [7, 11) is 2.95. The number of methoxy groups -OCH3 is 2. The van der Waals surface area contributed by atoms with Crippen molar-refractivity contribution in [2.75, 3.05) is 25.3 Å². The first-order valence-corrected chi connectivity index (χ1v) is 12.9. The number of carbonyl (C=O) groups is 1. The number of rotatable bonds is 8. The average molecular weight is 555 g/mol. The number of aliphatic hydroxyl groups is 1. The van der Waals surface area contributed by atoms with Gasteiger partial charge in [0.15, 0.2) is 5.76 Å². The van der Waals surface area contributed by atoms with Gasteiger partial charge in [-0.15, -0.1) is 10.2 Å². The second kappa shape index (κ2) is 11.1. The molecule has 0 bridgehead atoms. The fourth-order valence-corrected chi connectivity index (χ4v) is 5.08. The van der Waals surface area contributed by atoms with E-state index in [1.807, 2.05) is 0 Å². The molecule has 1 aliphatic rings. The zero-order valence-corrected chi connectivity index (χ0v) is 21.9. The van der Waals surface area contributed by atoms with E-state index in [4.69, 9.17) is 24.4 Å². The largest absolute Gasteiger partial charge is 0.496 e. The van der Waals surface area contributed by atoms with Gasteiger partial charge in [0, 0.05) is 11.6 Å². The van der Waals surface area contributed by atoms with Crippen LogP contribution < -0.4 is 30.9 Å². The summed E-state index contributed by atoms with van der Waals surface area (Å²) in [5, 5.41) is 25.5. The summed E-state index contributed by atoms with van der Waals surface area (Å²) in [6, 6.07) is 8.07. The van der Waals surface area contributed by atoms with Gasteiger partial charge in [0.1, 0.15) is 23.4 Å². The van der Waals surface area contributed by atoms with Crippen LogP contribution in [0, 0.1) is 0 Å². The quantitative estimate of drug-likeness (QED) is 0.292. The zero-order valence-electron chi connectivity index (χ0n) is 21.1. The molecule has 5 rings (SSSR count). The Bertz CT molecular complexity index is 1530. The summed E-state index contributed by atoms with van der Waals surface area (Å²) in [6.07, 6.45) is 2.97. The maximum absolute atomic E-state index is 13.3. The minimum atomic E-state index is -0.898. The Morgan fingerprint density at radius 2 is 1.92 bits per heavy atom. The third kappa shape index (κ3) is 5.28. The maximum Gasteiger partial charge on any atom is 0.379 e. The van der Waals surface area contributed by atoms with E-state index < -0.39 is 23.7 Å². The van der Waals surface area contributed by atoms with E-state index in [1.165, 1.54) is 31.2 Å². The van der Waals surface area contributed by atoms with Gasteiger partial charge in [-0.25, -0.2) is 4.79 Å². The van der Waals surface area contributed by atoms with Crippen LogP contribution in [0.2, 0.25) is 0 Å². The summed E-state index contributed by atoms with van der Waals surface area (Å²) in [6.45, 7) is 0. The number of nitrogen functional groups attached to an aromatic ring is 1. The molecule has 1 fully saturated rings. The highest BCUT2D eigenvalue weighted by atomic mass is 32.1. The number of ether oxygens (including phenoxy) is 3. The number of nitrogens with one attached hydrogen (secondary N) is 1. The first kappa shape index (κ1) is 26.2. The molecule has 13 nitrogen and oxygen atoms in total. The van der Waals surface area contributed by atoms with Crippen molar-refractivity contribution in [1.82, 2.24) is 20.0 Å². The first-order chi connectivity index (χ1) is 18.9. The van der Waals surface area contributed by atoms with Gasteiger partial charge in [-0.05, 0) is 37.5 Å². The van der Waals surface area contributed by atoms with Crippen LogP contribution in [0.1, 0.15) is 36.2 Å². The predicted molar refractivity (Wildman–Crippen MR) is 142 cm³/mol. The molecular weight excluding hydrogens is 528 g/mol. The molecule has 1 saturated carbocycles. The number of benzene rings is 1. The van der Waals surface area contributed by atoms with Crippen molar-refractivity contribution >= 4 is 28.2 Å². The highest BCUT2D eigenvalue weighted by Gasteiger charge is 2.30. The molecule has 4 aromatic rings. The zero-order chi connectivity index (χ0) is 27.5. The maximum atomic E-state index is 13.3. The molecule has 0 aliphatic heterocycles. The van der Waals surface area contributed by atoms with E-state index in [9.17, 15) is 14.7 Å². The molecular formula is C25H26N6O7S. The summed E-state index contributed by atoms with van der Waals surface area (Å²) in [5.74, 6) is -0.105. The number of carbonyl (C=O) groups excluding carboxylic acids is 1. The number of aliphatic hydroxyl groups excluding tert-OH is 1. The van der Waals surface area contributed by atoms with E-state index in [0.717, 1.165) is 24.2 Å². The van der Waals surface area contributed by atoms with E-state index in [1.54, 1.807) is 24.3 Å². The fourth-order valence-electron chi connectivity index (χ4n) is 4.36. The van der Waals surface area contributed by atoms with Crippen LogP contribution in [0.4, 0.5) is 10.9 Å². The Labute approximate surface area is 226 Å². The molecule has 0 saturated heterocycles. The molecule has 3 heterocycles. The molecule has 0 radical (unpaired) electrons. The van der Waals surface area contributed by atoms with Crippen LogP contribution in [-0.4, -0.2) is 57.4 Å². The third-order valence-corrected chi connectivity index (χ3v) is 7.07. The number of hydrogen-bond donors (Lipinski definition) is 3. The third-order valence-electron chi connectivity index (χ3n) is 6.25. The summed E-state index contributed by atoms with van der Waals surface area (Å²) < 4.78 is 23.9. The van der Waals surface area contributed by atoms with Crippen LogP contribution in [-0.2, 0) is 0 Å². The molecule has 2 atom stereocenters. The molecule has 14 heteroatoms. The molecule has 39 heavy (non-hydrogen) atoms.